The quantitative estimate of drug-likeness (QED) is 0.450. The molecule has 0 amide bonds. The van der Waals surface area contributed by atoms with Crippen molar-refractivity contribution >= 4 is 0 Å². The van der Waals surface area contributed by atoms with Crippen molar-refractivity contribution in [2.75, 3.05) is 6.61 Å². The van der Waals surface area contributed by atoms with Gasteiger partial charge in [-0.15, -0.1) is 0 Å². The molecule has 0 radical (unpaired) electrons. The van der Waals surface area contributed by atoms with Gasteiger partial charge >= 0.3 is 12.4 Å². The van der Waals surface area contributed by atoms with Crippen LogP contribution < -0.4 is 4.74 Å². The largest absolute Gasteiger partial charge is 0.493 e. The Labute approximate surface area is 152 Å². The number of halogens is 6. The van der Waals surface area contributed by atoms with Crippen molar-refractivity contribution in [2.45, 2.75) is 31.6 Å². The molecule has 0 aliphatic rings. The van der Waals surface area contributed by atoms with Crippen molar-refractivity contribution in [3.8, 4) is 11.8 Å². The van der Waals surface area contributed by atoms with Crippen molar-refractivity contribution < 1.29 is 31.1 Å². The first-order valence-electron chi connectivity index (χ1n) is 8.01. The molecule has 2 aromatic carbocycles. The maximum absolute atomic E-state index is 13.0. The van der Waals surface area contributed by atoms with Gasteiger partial charge in [-0.1, -0.05) is 12.1 Å². The summed E-state index contributed by atoms with van der Waals surface area (Å²) < 4.78 is 81.7. The molecule has 0 aromatic heterocycles. The highest BCUT2D eigenvalue weighted by molar-refractivity contribution is 5.43. The Morgan fingerprint density at radius 1 is 0.852 bits per heavy atom. The van der Waals surface area contributed by atoms with Crippen molar-refractivity contribution in [3.05, 3.63) is 64.7 Å². The van der Waals surface area contributed by atoms with Crippen LogP contribution in [0.15, 0.2) is 42.5 Å². The number of nitriles is 1. The van der Waals surface area contributed by atoms with Crippen LogP contribution in [0.5, 0.6) is 5.75 Å². The summed E-state index contributed by atoms with van der Waals surface area (Å²) in [6.45, 7) is 0.0234. The van der Waals surface area contributed by atoms with Crippen molar-refractivity contribution in [2.24, 2.45) is 0 Å². The Morgan fingerprint density at radius 2 is 1.52 bits per heavy atom. The molecule has 0 aliphatic heterocycles. The number of alkyl halides is 6. The fourth-order valence-electron chi connectivity index (χ4n) is 2.42. The van der Waals surface area contributed by atoms with E-state index >= 15 is 0 Å². The molecule has 0 heterocycles. The maximum Gasteiger partial charge on any atom is 0.420 e. The topological polar surface area (TPSA) is 33.0 Å². The zero-order chi connectivity index (χ0) is 20.1. The Morgan fingerprint density at radius 3 is 2.07 bits per heavy atom. The second-order valence-electron chi connectivity index (χ2n) is 5.82. The molecule has 0 bridgehead atoms. The number of nitrogens with zero attached hydrogens (tertiary/aromatic N) is 1. The molecular formula is C19H15F6NO. The number of rotatable bonds is 6. The smallest absolute Gasteiger partial charge is 0.420 e. The highest BCUT2D eigenvalue weighted by atomic mass is 19.4. The van der Waals surface area contributed by atoms with E-state index in [1.165, 1.54) is 18.2 Å². The van der Waals surface area contributed by atoms with E-state index in [4.69, 9.17) is 10.00 Å². The molecule has 0 N–H and O–H groups in total. The van der Waals surface area contributed by atoms with Crippen LogP contribution in [0.4, 0.5) is 26.3 Å². The van der Waals surface area contributed by atoms with Crippen LogP contribution in [0.1, 0.15) is 35.1 Å². The van der Waals surface area contributed by atoms with Crippen molar-refractivity contribution in [1.82, 2.24) is 0 Å². The summed E-state index contributed by atoms with van der Waals surface area (Å²) in [7, 11) is 0. The number of unbranched alkanes of at least 4 members (excludes halogenated alkanes) is 1. The summed E-state index contributed by atoms with van der Waals surface area (Å²) >= 11 is 0. The van der Waals surface area contributed by atoms with Gasteiger partial charge in [-0.2, -0.15) is 31.6 Å². The summed E-state index contributed by atoms with van der Waals surface area (Å²) in [5, 5.41) is 8.71. The number of hydrogen-bond donors (Lipinski definition) is 0. The van der Waals surface area contributed by atoms with Crippen LogP contribution in [0.2, 0.25) is 0 Å². The van der Waals surface area contributed by atoms with Gasteiger partial charge in [0, 0.05) is 0 Å². The van der Waals surface area contributed by atoms with E-state index in [0.717, 1.165) is 24.3 Å². The summed E-state index contributed by atoms with van der Waals surface area (Å²) in [5.74, 6) is -0.351. The predicted molar refractivity (Wildman–Crippen MR) is 86.0 cm³/mol. The van der Waals surface area contributed by atoms with E-state index < -0.39 is 23.5 Å². The molecular weight excluding hydrogens is 372 g/mol. The molecule has 0 unspecified atom stereocenters. The summed E-state index contributed by atoms with van der Waals surface area (Å²) in [4.78, 5) is 0. The van der Waals surface area contributed by atoms with Gasteiger partial charge in [0.2, 0.25) is 0 Å². The standard InChI is InChI=1S/C19H15F6NO/c20-18(21,22)15-7-4-13(5-8-15)3-1-2-10-27-17-9-6-14(12-26)11-16(17)19(23,24)25/h4-9,11H,1-3,10H2. The fourth-order valence-corrected chi connectivity index (χ4v) is 2.42. The molecule has 0 atom stereocenters. The Bertz CT molecular complexity index is 803. The van der Waals surface area contributed by atoms with E-state index in [1.54, 1.807) is 6.07 Å². The van der Waals surface area contributed by atoms with Gasteiger partial charge in [-0.3, -0.25) is 0 Å². The van der Waals surface area contributed by atoms with Gasteiger partial charge < -0.3 is 4.74 Å². The van der Waals surface area contributed by atoms with Gasteiger partial charge in [-0.05, 0) is 55.2 Å². The SMILES string of the molecule is N#Cc1ccc(OCCCCc2ccc(C(F)(F)F)cc2)c(C(F)(F)F)c1. The van der Waals surface area contributed by atoms with E-state index in [1.807, 2.05) is 0 Å². The first kappa shape index (κ1) is 20.6. The predicted octanol–water partition coefficient (Wildman–Crippen LogP) is 6.00. The molecule has 0 saturated heterocycles. The lowest BCUT2D eigenvalue weighted by molar-refractivity contribution is -0.139. The first-order chi connectivity index (χ1) is 12.6. The number of ether oxygens (including phenoxy) is 1. The molecule has 2 aromatic rings. The zero-order valence-electron chi connectivity index (χ0n) is 14.0. The molecule has 0 saturated carbocycles. The van der Waals surface area contributed by atoms with Crippen LogP contribution in [0, 0.1) is 11.3 Å². The second kappa shape index (κ2) is 8.33. The van der Waals surface area contributed by atoms with E-state index in [0.29, 0.717) is 24.8 Å². The lowest BCUT2D eigenvalue weighted by Gasteiger charge is -2.14. The maximum atomic E-state index is 13.0. The monoisotopic (exact) mass is 387 g/mol. The molecule has 2 nitrogen and oxygen atoms in total. The highest BCUT2D eigenvalue weighted by Crippen LogP contribution is 2.37. The van der Waals surface area contributed by atoms with Crippen LogP contribution in [0.25, 0.3) is 0 Å². The number of aryl methyl sites for hydroxylation is 1. The van der Waals surface area contributed by atoms with Crippen molar-refractivity contribution in [3.63, 3.8) is 0 Å². The Balaban J connectivity index is 1.86. The lowest BCUT2D eigenvalue weighted by Crippen LogP contribution is -2.10. The average molecular weight is 387 g/mol. The molecule has 0 fully saturated rings. The summed E-state index contributed by atoms with van der Waals surface area (Å²) in [6, 6.07) is 9.49. The lowest BCUT2D eigenvalue weighted by atomic mass is 10.1. The molecule has 2 rings (SSSR count). The third-order valence-corrected chi connectivity index (χ3v) is 3.81. The number of hydrogen-bond acceptors (Lipinski definition) is 2. The van der Waals surface area contributed by atoms with Gasteiger partial charge in [-0.25, -0.2) is 0 Å². The van der Waals surface area contributed by atoms with E-state index in [9.17, 15) is 26.3 Å². The van der Waals surface area contributed by atoms with Gasteiger partial charge in [0.1, 0.15) is 5.75 Å². The minimum atomic E-state index is -4.64. The van der Waals surface area contributed by atoms with Crippen LogP contribution >= 0.6 is 0 Å². The molecule has 144 valence electrons. The first-order valence-corrected chi connectivity index (χ1v) is 8.01. The average Bonchev–Trinajstić information content (AvgIpc) is 2.60. The minimum Gasteiger partial charge on any atom is -0.493 e. The van der Waals surface area contributed by atoms with Gasteiger partial charge in [0.25, 0.3) is 0 Å². The zero-order valence-corrected chi connectivity index (χ0v) is 14.0. The van der Waals surface area contributed by atoms with Crippen LogP contribution in [-0.2, 0) is 18.8 Å². The van der Waals surface area contributed by atoms with Crippen molar-refractivity contribution in [1.29, 1.82) is 5.26 Å². The van der Waals surface area contributed by atoms with E-state index in [-0.39, 0.29) is 17.9 Å². The van der Waals surface area contributed by atoms with Gasteiger partial charge in [0.05, 0.1) is 29.4 Å². The minimum absolute atomic E-state index is 0.0234. The van der Waals surface area contributed by atoms with Gasteiger partial charge in [0.15, 0.2) is 0 Å². The molecule has 0 aliphatic carbocycles. The second-order valence-corrected chi connectivity index (χ2v) is 5.82. The normalized spacial score (nSPS) is 11.9. The third kappa shape index (κ3) is 5.91. The highest BCUT2D eigenvalue weighted by Gasteiger charge is 2.34. The summed E-state index contributed by atoms with van der Waals surface area (Å²) in [6.07, 6.45) is -7.56. The molecule has 0 spiro atoms. The summed E-state index contributed by atoms with van der Waals surface area (Å²) in [5.41, 5.74) is -1.14. The van der Waals surface area contributed by atoms with Crippen LogP contribution in [-0.4, -0.2) is 6.61 Å². The van der Waals surface area contributed by atoms with Crippen LogP contribution in [0.3, 0.4) is 0 Å². The Kier molecular flexibility index (Phi) is 6.37. The molecule has 8 heteroatoms. The Hall–Kier alpha value is -2.69. The van der Waals surface area contributed by atoms with E-state index in [2.05, 4.69) is 0 Å². The molecule has 27 heavy (non-hydrogen) atoms. The fraction of sp³-hybridized carbons (Fsp3) is 0.316. The number of benzene rings is 2. The third-order valence-electron chi connectivity index (χ3n) is 3.81.